The monoisotopic (exact) mass is 468 g/mol. The summed E-state index contributed by atoms with van der Waals surface area (Å²) >= 11 is 6.13. The average Bonchev–Trinajstić information content (AvgIpc) is 2.79. The van der Waals surface area contributed by atoms with Crippen molar-refractivity contribution in [3.8, 4) is 0 Å². The molecule has 2 aliphatic rings. The summed E-state index contributed by atoms with van der Waals surface area (Å²) in [7, 11) is 0. The topological polar surface area (TPSA) is 96.5 Å². The second-order valence-electron chi connectivity index (χ2n) is 8.82. The third-order valence-corrected chi connectivity index (χ3v) is 6.42. The first kappa shape index (κ1) is 22.1. The molecule has 0 spiro atoms. The molecule has 0 aliphatic carbocycles. The van der Waals surface area contributed by atoms with E-state index in [1.165, 1.54) is 0 Å². The zero-order chi connectivity index (χ0) is 22.9. The predicted octanol–water partition coefficient (Wildman–Crippen LogP) is 2.38. The number of nitrogens with zero attached hydrogens (tertiary/aromatic N) is 7. The zero-order valence-corrected chi connectivity index (χ0v) is 19.7. The summed E-state index contributed by atoms with van der Waals surface area (Å²) < 4.78 is 6.32. The fourth-order valence-electron chi connectivity index (χ4n) is 4.74. The molecule has 2 N–H and O–H groups in total. The number of morpholine rings is 1. The lowest BCUT2D eigenvalue weighted by Gasteiger charge is -2.42. The molecule has 2 aromatic heterocycles. The fourth-order valence-corrected chi connectivity index (χ4v) is 4.97. The van der Waals surface area contributed by atoms with E-state index in [2.05, 4.69) is 41.6 Å². The van der Waals surface area contributed by atoms with Gasteiger partial charge in [0, 0.05) is 63.9 Å². The van der Waals surface area contributed by atoms with Crippen molar-refractivity contribution in [2.75, 3.05) is 61.3 Å². The maximum Gasteiger partial charge on any atom is 0.227 e. The molecule has 174 valence electrons. The predicted molar refractivity (Wildman–Crippen MR) is 131 cm³/mol. The largest absolute Gasteiger partial charge is 0.397 e. The molecule has 5 rings (SSSR count). The van der Waals surface area contributed by atoms with Gasteiger partial charge in [-0.15, -0.1) is 0 Å². The number of piperazine rings is 1. The number of hydrogen-bond acceptors (Lipinski definition) is 9. The highest BCUT2D eigenvalue weighted by molar-refractivity contribution is 6.29. The summed E-state index contributed by atoms with van der Waals surface area (Å²) in [6.45, 7) is 10.1. The van der Waals surface area contributed by atoms with Gasteiger partial charge < -0.3 is 20.3 Å². The van der Waals surface area contributed by atoms with Crippen molar-refractivity contribution >= 4 is 40.0 Å². The molecule has 2 atom stereocenters. The summed E-state index contributed by atoms with van der Waals surface area (Å²) in [4.78, 5) is 24.9. The zero-order valence-electron chi connectivity index (χ0n) is 19.0. The molecule has 0 unspecified atom stereocenters. The van der Waals surface area contributed by atoms with Gasteiger partial charge in [0.25, 0.3) is 0 Å². The van der Waals surface area contributed by atoms with Crippen LogP contribution in [0.25, 0.3) is 11.0 Å². The standard InChI is InChI=1S/C23H29ClN8O/c1-15-11-20(24)29-23(28-15)31-9-7-30(8-10-31)13-17-14-32(12-16(2)33-17)19-4-3-18(25)21-22(19)27-6-5-26-21/h3-6,11,16-17H,7-10,12-14,25H2,1-2H3/t16-,17+/m1/s1. The highest BCUT2D eigenvalue weighted by Gasteiger charge is 2.30. The minimum absolute atomic E-state index is 0.106. The van der Waals surface area contributed by atoms with Gasteiger partial charge in [0.05, 0.1) is 23.6 Å². The molecule has 0 radical (unpaired) electrons. The van der Waals surface area contributed by atoms with E-state index >= 15 is 0 Å². The highest BCUT2D eigenvalue weighted by atomic mass is 35.5. The Balaban J connectivity index is 1.25. The molecule has 1 aromatic carbocycles. The molecule has 0 saturated carbocycles. The van der Waals surface area contributed by atoms with Crippen LogP contribution in [0.2, 0.25) is 5.15 Å². The smallest absolute Gasteiger partial charge is 0.227 e. The average molecular weight is 469 g/mol. The number of aryl methyl sites for hydroxylation is 1. The summed E-state index contributed by atoms with van der Waals surface area (Å²) in [5, 5.41) is 0.490. The Morgan fingerprint density at radius 1 is 1.03 bits per heavy atom. The van der Waals surface area contributed by atoms with Crippen LogP contribution in [0.4, 0.5) is 17.3 Å². The van der Waals surface area contributed by atoms with Crippen molar-refractivity contribution in [3.63, 3.8) is 0 Å². The van der Waals surface area contributed by atoms with E-state index in [0.29, 0.717) is 16.8 Å². The van der Waals surface area contributed by atoms with E-state index in [4.69, 9.17) is 22.1 Å². The fraction of sp³-hybridized carbons (Fsp3) is 0.478. The lowest BCUT2D eigenvalue weighted by molar-refractivity contribution is -0.0327. The summed E-state index contributed by atoms with van der Waals surface area (Å²) in [5.41, 5.74) is 10.3. The summed E-state index contributed by atoms with van der Waals surface area (Å²) in [6.07, 6.45) is 3.63. The number of fused-ring (bicyclic) bond motifs is 1. The van der Waals surface area contributed by atoms with Crippen LogP contribution in [-0.2, 0) is 4.74 Å². The van der Waals surface area contributed by atoms with Gasteiger partial charge in [-0.2, -0.15) is 0 Å². The van der Waals surface area contributed by atoms with Crippen molar-refractivity contribution < 1.29 is 4.74 Å². The molecule has 10 heteroatoms. The van der Waals surface area contributed by atoms with Gasteiger partial charge >= 0.3 is 0 Å². The SMILES string of the molecule is Cc1cc(Cl)nc(N2CCN(C[C@H]3CN(c4ccc(N)c5nccnc45)C[C@@H](C)O3)CC2)n1. The second-order valence-corrected chi connectivity index (χ2v) is 9.21. The third-order valence-electron chi connectivity index (χ3n) is 6.23. The van der Waals surface area contributed by atoms with Gasteiger partial charge in [-0.3, -0.25) is 14.9 Å². The normalized spacial score (nSPS) is 22.2. The maximum atomic E-state index is 6.32. The minimum atomic E-state index is 0.106. The van der Waals surface area contributed by atoms with Gasteiger partial charge in [-0.25, -0.2) is 9.97 Å². The Labute approximate surface area is 198 Å². The van der Waals surface area contributed by atoms with Gasteiger partial charge in [0.15, 0.2) is 0 Å². The van der Waals surface area contributed by atoms with E-state index < -0.39 is 0 Å². The van der Waals surface area contributed by atoms with Crippen LogP contribution in [0.5, 0.6) is 0 Å². The van der Waals surface area contributed by atoms with Gasteiger partial charge in [0.2, 0.25) is 5.95 Å². The first-order valence-corrected chi connectivity index (χ1v) is 11.7. The van der Waals surface area contributed by atoms with Gasteiger partial charge in [-0.1, -0.05) is 11.6 Å². The Hall–Kier alpha value is -2.75. The number of halogens is 1. The molecule has 9 nitrogen and oxygen atoms in total. The van der Waals surface area contributed by atoms with Crippen LogP contribution in [0, 0.1) is 6.92 Å². The van der Waals surface area contributed by atoms with E-state index in [1.54, 1.807) is 18.5 Å². The van der Waals surface area contributed by atoms with Crippen LogP contribution < -0.4 is 15.5 Å². The molecule has 2 aliphatic heterocycles. The van der Waals surface area contributed by atoms with E-state index in [1.807, 2.05) is 19.1 Å². The molecule has 3 aromatic rings. The first-order chi connectivity index (χ1) is 16.0. The molecule has 33 heavy (non-hydrogen) atoms. The number of aromatic nitrogens is 4. The van der Waals surface area contributed by atoms with Crippen molar-refractivity contribution in [1.29, 1.82) is 0 Å². The summed E-state index contributed by atoms with van der Waals surface area (Å²) in [6, 6.07) is 5.75. The number of ether oxygens (including phenoxy) is 1. The lowest BCUT2D eigenvalue weighted by Crippen LogP contribution is -2.54. The number of nitrogens with two attached hydrogens (primary N) is 1. The molecular formula is C23H29ClN8O. The number of hydrogen-bond donors (Lipinski definition) is 1. The van der Waals surface area contributed by atoms with Crippen LogP contribution in [0.1, 0.15) is 12.6 Å². The Morgan fingerprint density at radius 2 is 1.79 bits per heavy atom. The van der Waals surface area contributed by atoms with Crippen molar-refractivity contribution in [2.45, 2.75) is 26.1 Å². The number of nitrogen functional groups attached to an aromatic ring is 1. The van der Waals surface area contributed by atoms with Crippen LogP contribution in [0.15, 0.2) is 30.6 Å². The van der Waals surface area contributed by atoms with E-state index in [-0.39, 0.29) is 12.2 Å². The summed E-state index contributed by atoms with van der Waals surface area (Å²) in [5.74, 6) is 0.713. The first-order valence-electron chi connectivity index (χ1n) is 11.3. The molecule has 4 heterocycles. The molecule has 0 bridgehead atoms. The second kappa shape index (κ2) is 9.24. The van der Waals surface area contributed by atoms with Gasteiger partial charge in [0.1, 0.15) is 16.2 Å². The van der Waals surface area contributed by atoms with Crippen LogP contribution in [-0.4, -0.2) is 82.9 Å². The molecule has 2 fully saturated rings. The molecular weight excluding hydrogens is 440 g/mol. The Morgan fingerprint density at radius 3 is 2.55 bits per heavy atom. The number of rotatable bonds is 4. The molecule has 0 amide bonds. The third kappa shape index (κ3) is 4.80. The number of benzene rings is 1. The lowest BCUT2D eigenvalue weighted by atomic mass is 10.1. The Bertz CT molecular complexity index is 1120. The van der Waals surface area contributed by atoms with Gasteiger partial charge in [-0.05, 0) is 32.0 Å². The van der Waals surface area contributed by atoms with E-state index in [9.17, 15) is 0 Å². The van der Waals surface area contributed by atoms with Crippen molar-refractivity contribution in [2.24, 2.45) is 0 Å². The highest BCUT2D eigenvalue weighted by Crippen LogP contribution is 2.30. The maximum absolute atomic E-state index is 6.32. The van der Waals surface area contributed by atoms with Crippen LogP contribution in [0.3, 0.4) is 0 Å². The number of anilines is 3. The van der Waals surface area contributed by atoms with Crippen molar-refractivity contribution in [3.05, 3.63) is 41.4 Å². The minimum Gasteiger partial charge on any atom is -0.397 e. The molecule has 2 saturated heterocycles. The van der Waals surface area contributed by atoms with Crippen molar-refractivity contribution in [1.82, 2.24) is 24.8 Å². The van der Waals surface area contributed by atoms with Crippen LogP contribution >= 0.6 is 11.6 Å². The quantitative estimate of drug-likeness (QED) is 0.457. The Kier molecular flexibility index (Phi) is 6.18. The van der Waals surface area contributed by atoms with E-state index in [0.717, 1.165) is 68.2 Å².